The number of hydrogen-bond donors (Lipinski definition) is 1. The first-order valence-electron chi connectivity index (χ1n) is 5.67. The maximum Gasteiger partial charge on any atom is 0.401 e. The zero-order valence-electron chi connectivity index (χ0n) is 10.5. The summed E-state index contributed by atoms with van der Waals surface area (Å²) in [6, 6.07) is 0. The van der Waals surface area contributed by atoms with E-state index >= 15 is 0 Å². The first-order chi connectivity index (χ1) is 9.01. The number of nitrogens with one attached hydrogen (secondary N) is 1. The quantitative estimate of drug-likeness (QED) is 0.680. The monoisotopic (exact) mass is 283 g/mol. The second-order valence-corrected chi connectivity index (χ2v) is 3.68. The third-order valence-corrected chi connectivity index (χ3v) is 2.01. The highest BCUT2D eigenvalue weighted by Crippen LogP contribution is 2.12. The third kappa shape index (κ3) is 7.75. The van der Waals surface area contributed by atoms with Crippen LogP contribution >= 0.6 is 0 Å². The molecule has 0 aromatic carbocycles. The molecule has 0 spiro atoms. The van der Waals surface area contributed by atoms with Gasteiger partial charge in [0.15, 0.2) is 5.82 Å². The number of halogens is 3. The molecule has 0 fully saturated rings. The molecule has 0 amide bonds. The molecule has 1 heterocycles. The Hall–Kier alpha value is -1.19. The van der Waals surface area contributed by atoms with Crippen LogP contribution in [0.2, 0.25) is 0 Å². The Morgan fingerprint density at radius 1 is 1.26 bits per heavy atom. The predicted molar refractivity (Wildman–Crippen MR) is 58.5 cm³/mol. The second kappa shape index (κ2) is 8.08. The van der Waals surface area contributed by atoms with Crippen molar-refractivity contribution in [2.45, 2.75) is 19.1 Å². The van der Waals surface area contributed by atoms with E-state index in [0.717, 1.165) is 0 Å². The SMILES string of the molecule is COCCOCCc1noc(CNCC(F)(F)F)n1. The summed E-state index contributed by atoms with van der Waals surface area (Å²) in [5.41, 5.74) is 0. The molecule has 6 nitrogen and oxygen atoms in total. The lowest BCUT2D eigenvalue weighted by atomic mass is 10.4. The molecule has 19 heavy (non-hydrogen) atoms. The molecule has 0 aliphatic heterocycles. The van der Waals surface area contributed by atoms with E-state index in [1.54, 1.807) is 7.11 Å². The normalized spacial score (nSPS) is 12.0. The maximum absolute atomic E-state index is 11.9. The standard InChI is InChI=1S/C10H16F3N3O3/c1-17-4-5-18-3-2-8-15-9(19-16-8)6-14-7-10(11,12)13/h14H,2-7H2,1H3. The number of alkyl halides is 3. The van der Waals surface area contributed by atoms with Crippen LogP contribution in [0.3, 0.4) is 0 Å². The van der Waals surface area contributed by atoms with Crippen molar-refractivity contribution in [2.24, 2.45) is 0 Å². The third-order valence-electron chi connectivity index (χ3n) is 2.01. The molecular formula is C10H16F3N3O3. The van der Waals surface area contributed by atoms with Crippen LogP contribution in [0.4, 0.5) is 13.2 Å². The molecule has 1 rings (SSSR count). The van der Waals surface area contributed by atoms with Crippen LogP contribution < -0.4 is 5.32 Å². The largest absolute Gasteiger partial charge is 0.401 e. The van der Waals surface area contributed by atoms with Crippen LogP contribution in [0.5, 0.6) is 0 Å². The minimum atomic E-state index is -4.25. The van der Waals surface area contributed by atoms with Gasteiger partial charge in [0, 0.05) is 13.5 Å². The number of hydrogen-bond acceptors (Lipinski definition) is 6. The average Bonchev–Trinajstić information content (AvgIpc) is 2.75. The van der Waals surface area contributed by atoms with Crippen molar-refractivity contribution in [3.05, 3.63) is 11.7 Å². The van der Waals surface area contributed by atoms with E-state index in [0.29, 0.717) is 32.1 Å². The minimum absolute atomic E-state index is 0.114. The van der Waals surface area contributed by atoms with Crippen LogP contribution in [0, 0.1) is 0 Å². The van der Waals surface area contributed by atoms with Gasteiger partial charge >= 0.3 is 6.18 Å². The summed E-state index contributed by atoms with van der Waals surface area (Å²) in [6.07, 6.45) is -3.81. The summed E-state index contributed by atoms with van der Waals surface area (Å²) < 4.78 is 50.4. The number of methoxy groups -OCH3 is 1. The van der Waals surface area contributed by atoms with Crippen molar-refractivity contribution in [3.8, 4) is 0 Å². The highest BCUT2D eigenvalue weighted by Gasteiger charge is 2.26. The van der Waals surface area contributed by atoms with Gasteiger partial charge in [-0.3, -0.25) is 0 Å². The molecule has 0 aliphatic rings. The Bertz CT molecular complexity index is 357. The van der Waals surface area contributed by atoms with Gasteiger partial charge in [0.05, 0.1) is 32.9 Å². The summed E-state index contributed by atoms with van der Waals surface area (Å²) in [6.45, 7) is 0.160. The molecule has 0 bridgehead atoms. The van der Waals surface area contributed by atoms with E-state index in [1.807, 2.05) is 0 Å². The molecule has 1 N–H and O–H groups in total. The van der Waals surface area contributed by atoms with Crippen molar-refractivity contribution < 1.29 is 27.2 Å². The molecule has 0 saturated carbocycles. The molecule has 0 aliphatic carbocycles. The number of rotatable bonds is 9. The van der Waals surface area contributed by atoms with Crippen molar-refractivity contribution in [1.82, 2.24) is 15.5 Å². The van der Waals surface area contributed by atoms with Crippen molar-refractivity contribution in [3.63, 3.8) is 0 Å². The summed E-state index contributed by atoms with van der Waals surface area (Å²) in [5, 5.41) is 5.80. The van der Waals surface area contributed by atoms with Gasteiger partial charge in [0.25, 0.3) is 0 Å². The summed E-state index contributed by atoms with van der Waals surface area (Å²) >= 11 is 0. The van der Waals surface area contributed by atoms with Gasteiger partial charge in [-0.25, -0.2) is 0 Å². The Labute approximate surface area is 108 Å². The summed E-state index contributed by atoms with van der Waals surface area (Å²) in [5.74, 6) is 0.525. The van der Waals surface area contributed by atoms with E-state index in [4.69, 9.17) is 14.0 Å². The number of aromatic nitrogens is 2. The topological polar surface area (TPSA) is 69.4 Å². The molecule has 0 radical (unpaired) electrons. The molecule has 0 atom stereocenters. The summed E-state index contributed by atoms with van der Waals surface area (Å²) in [4.78, 5) is 3.93. The highest BCUT2D eigenvalue weighted by molar-refractivity contribution is 4.86. The van der Waals surface area contributed by atoms with Crippen LogP contribution in [0.25, 0.3) is 0 Å². The van der Waals surface area contributed by atoms with Crippen molar-refractivity contribution in [1.29, 1.82) is 0 Å². The molecule has 110 valence electrons. The fraction of sp³-hybridized carbons (Fsp3) is 0.800. The van der Waals surface area contributed by atoms with Crippen LogP contribution in [-0.2, 0) is 22.4 Å². The van der Waals surface area contributed by atoms with E-state index in [9.17, 15) is 13.2 Å². The zero-order valence-corrected chi connectivity index (χ0v) is 10.5. The molecule has 9 heteroatoms. The average molecular weight is 283 g/mol. The van der Waals surface area contributed by atoms with Crippen molar-refractivity contribution in [2.75, 3.05) is 33.5 Å². The van der Waals surface area contributed by atoms with Crippen molar-refractivity contribution >= 4 is 0 Å². The van der Waals surface area contributed by atoms with Gasteiger partial charge in [0.1, 0.15) is 0 Å². The number of nitrogens with zero attached hydrogens (tertiary/aromatic N) is 2. The lowest BCUT2D eigenvalue weighted by molar-refractivity contribution is -0.125. The van der Waals surface area contributed by atoms with Crippen LogP contribution in [0.1, 0.15) is 11.7 Å². The fourth-order valence-corrected chi connectivity index (χ4v) is 1.18. The zero-order chi connectivity index (χ0) is 14.1. The van der Waals surface area contributed by atoms with E-state index < -0.39 is 12.7 Å². The smallest absolute Gasteiger partial charge is 0.382 e. The molecule has 1 aromatic rings. The lowest BCUT2D eigenvalue weighted by Crippen LogP contribution is -2.28. The van der Waals surface area contributed by atoms with Gasteiger partial charge in [-0.05, 0) is 0 Å². The Kier molecular flexibility index (Phi) is 6.74. The van der Waals surface area contributed by atoms with E-state index in [1.165, 1.54) is 0 Å². The first-order valence-corrected chi connectivity index (χ1v) is 5.67. The molecule has 0 unspecified atom stereocenters. The molecule has 0 saturated heterocycles. The maximum atomic E-state index is 11.9. The van der Waals surface area contributed by atoms with Gasteiger partial charge in [-0.15, -0.1) is 0 Å². The Balaban J connectivity index is 2.17. The highest BCUT2D eigenvalue weighted by atomic mass is 19.4. The number of ether oxygens (including phenoxy) is 2. The predicted octanol–water partition coefficient (Wildman–Crippen LogP) is 0.927. The van der Waals surface area contributed by atoms with Crippen LogP contribution in [-0.4, -0.2) is 49.8 Å². The summed E-state index contributed by atoms with van der Waals surface area (Å²) in [7, 11) is 1.57. The van der Waals surface area contributed by atoms with Gasteiger partial charge in [-0.2, -0.15) is 18.2 Å². The fourth-order valence-electron chi connectivity index (χ4n) is 1.18. The van der Waals surface area contributed by atoms with Crippen LogP contribution in [0.15, 0.2) is 4.52 Å². The minimum Gasteiger partial charge on any atom is -0.382 e. The van der Waals surface area contributed by atoms with Gasteiger partial charge in [0.2, 0.25) is 5.89 Å². The molecule has 1 aromatic heterocycles. The second-order valence-electron chi connectivity index (χ2n) is 3.68. The Morgan fingerprint density at radius 2 is 2.05 bits per heavy atom. The van der Waals surface area contributed by atoms with E-state index in [-0.39, 0.29) is 12.4 Å². The lowest BCUT2D eigenvalue weighted by Gasteiger charge is -2.05. The Morgan fingerprint density at radius 3 is 2.74 bits per heavy atom. The molecular weight excluding hydrogens is 267 g/mol. The first kappa shape index (κ1) is 15.9. The van der Waals surface area contributed by atoms with Gasteiger partial charge < -0.3 is 19.3 Å². The van der Waals surface area contributed by atoms with Gasteiger partial charge in [-0.1, -0.05) is 5.16 Å². The van der Waals surface area contributed by atoms with E-state index in [2.05, 4.69) is 15.5 Å².